The molecule has 0 saturated carbocycles. The van der Waals surface area contributed by atoms with Crippen LogP contribution in [0.2, 0.25) is 10.0 Å². The van der Waals surface area contributed by atoms with Crippen molar-refractivity contribution >= 4 is 23.2 Å². The number of benzene rings is 1. The summed E-state index contributed by atoms with van der Waals surface area (Å²) in [6, 6.07) is 7.02. The summed E-state index contributed by atoms with van der Waals surface area (Å²) in [4.78, 5) is 4.06. The quantitative estimate of drug-likeness (QED) is 0.905. The van der Waals surface area contributed by atoms with E-state index in [1.165, 1.54) is 0 Å². The summed E-state index contributed by atoms with van der Waals surface area (Å²) in [5.41, 5.74) is 1.53. The molecule has 0 aliphatic heterocycles. The minimum atomic E-state index is -0.693. The molecule has 1 aromatic heterocycles. The molecule has 1 unspecified atom stereocenters. The van der Waals surface area contributed by atoms with E-state index < -0.39 is 6.10 Å². The highest BCUT2D eigenvalue weighted by atomic mass is 35.5. The molecule has 0 saturated heterocycles. The Morgan fingerprint density at radius 3 is 2.75 bits per heavy atom. The van der Waals surface area contributed by atoms with Crippen molar-refractivity contribution in [2.75, 3.05) is 6.61 Å². The number of nitrogens with zero attached hydrogens (tertiary/aromatic N) is 1. The molecule has 0 fully saturated rings. The van der Waals surface area contributed by atoms with E-state index in [1.807, 2.05) is 13.0 Å². The number of ether oxygens (including phenoxy) is 1. The van der Waals surface area contributed by atoms with Crippen molar-refractivity contribution in [1.82, 2.24) is 4.98 Å². The standard InChI is InChI=1S/C15H15Cl2NO2/c1-2-20-13-5-11(8-18-9-13)15(19)6-10-3-4-12(16)7-14(10)17/h3-5,7-9,15,19H,2,6H2,1H3. The molecule has 0 amide bonds. The first-order chi connectivity index (χ1) is 9.60. The molecule has 106 valence electrons. The molecule has 3 nitrogen and oxygen atoms in total. The first-order valence-corrected chi connectivity index (χ1v) is 7.05. The third-order valence-corrected chi connectivity index (χ3v) is 3.45. The zero-order chi connectivity index (χ0) is 14.5. The predicted molar refractivity (Wildman–Crippen MR) is 80.5 cm³/mol. The molecular weight excluding hydrogens is 297 g/mol. The molecule has 5 heteroatoms. The van der Waals surface area contributed by atoms with E-state index in [0.29, 0.717) is 34.4 Å². The zero-order valence-electron chi connectivity index (χ0n) is 11.0. The Balaban J connectivity index is 2.15. The molecule has 0 aliphatic carbocycles. The molecule has 0 spiro atoms. The Kier molecular flexibility index (Phi) is 5.24. The summed E-state index contributed by atoms with van der Waals surface area (Å²) in [5, 5.41) is 11.4. The molecule has 0 aliphatic rings. The number of hydrogen-bond donors (Lipinski definition) is 1. The van der Waals surface area contributed by atoms with Gasteiger partial charge in [0.15, 0.2) is 0 Å². The molecule has 2 aromatic rings. The van der Waals surface area contributed by atoms with Crippen molar-refractivity contribution in [3.05, 3.63) is 57.8 Å². The highest BCUT2D eigenvalue weighted by Crippen LogP contribution is 2.27. The van der Waals surface area contributed by atoms with Gasteiger partial charge in [-0.25, -0.2) is 0 Å². The minimum Gasteiger partial charge on any atom is -0.492 e. The normalized spacial score (nSPS) is 12.2. The van der Waals surface area contributed by atoms with Crippen LogP contribution in [0, 0.1) is 0 Å². The summed E-state index contributed by atoms with van der Waals surface area (Å²) in [7, 11) is 0. The third-order valence-electron chi connectivity index (χ3n) is 2.86. The number of pyridine rings is 1. The van der Waals surface area contributed by atoms with Gasteiger partial charge < -0.3 is 9.84 Å². The van der Waals surface area contributed by atoms with Crippen LogP contribution < -0.4 is 4.74 Å². The van der Waals surface area contributed by atoms with Gasteiger partial charge in [-0.15, -0.1) is 0 Å². The maximum atomic E-state index is 10.3. The average molecular weight is 312 g/mol. The van der Waals surface area contributed by atoms with E-state index >= 15 is 0 Å². The lowest BCUT2D eigenvalue weighted by atomic mass is 10.0. The summed E-state index contributed by atoms with van der Waals surface area (Å²) in [6.07, 6.45) is 2.95. The van der Waals surface area contributed by atoms with Crippen LogP contribution in [-0.4, -0.2) is 16.7 Å². The second-order valence-electron chi connectivity index (χ2n) is 4.34. The number of aromatic nitrogens is 1. The Hall–Kier alpha value is -1.29. The van der Waals surface area contributed by atoms with Gasteiger partial charge in [0, 0.05) is 28.2 Å². The first-order valence-electron chi connectivity index (χ1n) is 6.30. The second kappa shape index (κ2) is 6.93. The fourth-order valence-corrected chi connectivity index (χ4v) is 2.36. The molecular formula is C15H15Cl2NO2. The monoisotopic (exact) mass is 311 g/mol. The van der Waals surface area contributed by atoms with Gasteiger partial charge in [-0.05, 0) is 30.7 Å². The number of aliphatic hydroxyl groups is 1. The molecule has 0 bridgehead atoms. The largest absolute Gasteiger partial charge is 0.492 e. The first kappa shape index (κ1) is 15.1. The number of rotatable bonds is 5. The van der Waals surface area contributed by atoms with Crippen LogP contribution in [0.3, 0.4) is 0 Å². The van der Waals surface area contributed by atoms with E-state index in [9.17, 15) is 5.11 Å². The van der Waals surface area contributed by atoms with Crippen LogP contribution in [0.4, 0.5) is 0 Å². The van der Waals surface area contributed by atoms with E-state index in [-0.39, 0.29) is 0 Å². The Morgan fingerprint density at radius 2 is 2.05 bits per heavy atom. The lowest BCUT2D eigenvalue weighted by molar-refractivity contribution is 0.177. The van der Waals surface area contributed by atoms with E-state index in [2.05, 4.69) is 4.98 Å². The molecule has 0 radical (unpaired) electrons. The van der Waals surface area contributed by atoms with E-state index in [1.54, 1.807) is 30.6 Å². The average Bonchev–Trinajstić information content (AvgIpc) is 2.42. The maximum absolute atomic E-state index is 10.3. The number of aliphatic hydroxyl groups excluding tert-OH is 1. The summed E-state index contributed by atoms with van der Waals surface area (Å²) >= 11 is 12.0. The van der Waals surface area contributed by atoms with E-state index in [4.69, 9.17) is 27.9 Å². The van der Waals surface area contributed by atoms with Gasteiger partial charge in [-0.3, -0.25) is 4.98 Å². The van der Waals surface area contributed by atoms with Crippen LogP contribution in [0.15, 0.2) is 36.7 Å². The molecule has 1 aromatic carbocycles. The van der Waals surface area contributed by atoms with Gasteiger partial charge in [-0.2, -0.15) is 0 Å². The summed E-state index contributed by atoms with van der Waals surface area (Å²) in [5.74, 6) is 0.645. The lowest BCUT2D eigenvalue weighted by Gasteiger charge is -2.13. The van der Waals surface area contributed by atoms with Crippen molar-refractivity contribution in [1.29, 1.82) is 0 Å². The number of hydrogen-bond acceptors (Lipinski definition) is 3. The third kappa shape index (κ3) is 3.85. The summed E-state index contributed by atoms with van der Waals surface area (Å²) < 4.78 is 5.37. The molecule has 1 heterocycles. The Bertz CT molecular complexity index is 590. The van der Waals surface area contributed by atoms with Gasteiger partial charge in [0.1, 0.15) is 5.75 Å². The second-order valence-corrected chi connectivity index (χ2v) is 5.19. The predicted octanol–water partition coefficient (Wildman–Crippen LogP) is 4.06. The smallest absolute Gasteiger partial charge is 0.137 e. The van der Waals surface area contributed by atoms with Crippen molar-refractivity contribution in [2.24, 2.45) is 0 Å². The molecule has 1 N–H and O–H groups in total. The van der Waals surface area contributed by atoms with Crippen LogP contribution in [0.25, 0.3) is 0 Å². The summed E-state index contributed by atoms with van der Waals surface area (Å²) in [6.45, 7) is 2.46. The van der Waals surface area contributed by atoms with Crippen molar-refractivity contribution < 1.29 is 9.84 Å². The van der Waals surface area contributed by atoms with E-state index in [0.717, 1.165) is 5.56 Å². The van der Waals surface area contributed by atoms with Gasteiger partial charge in [0.05, 0.1) is 18.9 Å². The van der Waals surface area contributed by atoms with Gasteiger partial charge in [-0.1, -0.05) is 29.3 Å². The van der Waals surface area contributed by atoms with Gasteiger partial charge in [0.2, 0.25) is 0 Å². The van der Waals surface area contributed by atoms with Gasteiger partial charge in [0.25, 0.3) is 0 Å². The zero-order valence-corrected chi connectivity index (χ0v) is 12.5. The van der Waals surface area contributed by atoms with Crippen molar-refractivity contribution in [3.8, 4) is 5.75 Å². The van der Waals surface area contributed by atoms with Gasteiger partial charge >= 0.3 is 0 Å². The van der Waals surface area contributed by atoms with Crippen molar-refractivity contribution in [2.45, 2.75) is 19.4 Å². The highest BCUT2D eigenvalue weighted by molar-refractivity contribution is 6.35. The molecule has 2 rings (SSSR count). The topological polar surface area (TPSA) is 42.4 Å². The van der Waals surface area contributed by atoms with Crippen LogP contribution in [0.5, 0.6) is 5.75 Å². The maximum Gasteiger partial charge on any atom is 0.137 e. The fraction of sp³-hybridized carbons (Fsp3) is 0.267. The van der Waals surface area contributed by atoms with Crippen LogP contribution in [-0.2, 0) is 6.42 Å². The fourth-order valence-electron chi connectivity index (χ4n) is 1.88. The minimum absolute atomic E-state index is 0.396. The Morgan fingerprint density at radius 1 is 1.25 bits per heavy atom. The van der Waals surface area contributed by atoms with Crippen LogP contribution >= 0.6 is 23.2 Å². The lowest BCUT2D eigenvalue weighted by Crippen LogP contribution is -2.04. The molecule has 1 atom stereocenters. The SMILES string of the molecule is CCOc1cncc(C(O)Cc2ccc(Cl)cc2Cl)c1. The molecule has 20 heavy (non-hydrogen) atoms. The Labute approximate surface area is 128 Å². The number of halogens is 2. The van der Waals surface area contributed by atoms with Crippen LogP contribution in [0.1, 0.15) is 24.2 Å². The highest BCUT2D eigenvalue weighted by Gasteiger charge is 2.12. The van der Waals surface area contributed by atoms with Crippen molar-refractivity contribution in [3.63, 3.8) is 0 Å².